The van der Waals surface area contributed by atoms with Gasteiger partial charge in [0.1, 0.15) is 12.7 Å². The van der Waals surface area contributed by atoms with Gasteiger partial charge in [-0.2, -0.15) is 0 Å². The summed E-state index contributed by atoms with van der Waals surface area (Å²) < 4.78 is 0.877. The minimum atomic E-state index is 0.255. The normalized spacial score (nSPS) is 23.2. The number of allylic oxidation sites excluding steroid dienone is 2. The maximum Gasteiger partial charge on any atom is 0.166 e. The van der Waals surface area contributed by atoms with Crippen molar-refractivity contribution in [2.24, 2.45) is 0 Å². The molecule has 2 atom stereocenters. The summed E-state index contributed by atoms with van der Waals surface area (Å²) in [6.45, 7) is 6.59. The molecule has 1 aliphatic heterocycles. The Morgan fingerprint density at radius 1 is 0.958 bits per heavy atom. The summed E-state index contributed by atoms with van der Waals surface area (Å²) in [5.41, 5.74) is 0. The van der Waals surface area contributed by atoms with Crippen molar-refractivity contribution in [3.8, 4) is 0 Å². The van der Waals surface area contributed by atoms with E-state index in [2.05, 4.69) is 43.7 Å². The van der Waals surface area contributed by atoms with Gasteiger partial charge in [-0.05, 0) is 26.2 Å². The number of likely N-dealkylation sites (N-methyl/N-ethyl adjacent to an activating group) is 1. The Kier molecular flexibility index (Phi) is 11.9. The van der Waals surface area contributed by atoms with Crippen molar-refractivity contribution in [1.29, 1.82) is 0 Å². The van der Waals surface area contributed by atoms with E-state index in [0.29, 0.717) is 6.17 Å². The van der Waals surface area contributed by atoms with Crippen LogP contribution in [0.3, 0.4) is 0 Å². The van der Waals surface area contributed by atoms with Crippen LogP contribution >= 0.6 is 0 Å². The zero-order chi connectivity index (χ0) is 17.5. The third-order valence-electron chi connectivity index (χ3n) is 5.38. The first-order valence-corrected chi connectivity index (χ1v) is 10.3. The Labute approximate surface area is 150 Å². The Hall–Kier alpha value is -0.800. The molecule has 3 nitrogen and oxygen atoms in total. The minimum Gasteiger partial charge on any atom is -0.390 e. The second-order valence-electron chi connectivity index (χ2n) is 7.18. The van der Waals surface area contributed by atoms with E-state index in [1.807, 2.05) is 0 Å². The molecule has 0 aromatic carbocycles. The van der Waals surface area contributed by atoms with E-state index >= 15 is 0 Å². The monoisotopic (exact) mass is 337 g/mol. The molecule has 0 saturated heterocycles. The summed E-state index contributed by atoms with van der Waals surface area (Å²) in [5.74, 6) is 0. The fourth-order valence-electron chi connectivity index (χ4n) is 3.68. The topological polar surface area (TPSA) is 32.3 Å². The molecule has 24 heavy (non-hydrogen) atoms. The average Bonchev–Trinajstić information content (AvgIpc) is 2.99. The maximum absolute atomic E-state index is 9.32. The van der Waals surface area contributed by atoms with E-state index in [4.69, 9.17) is 0 Å². The highest BCUT2D eigenvalue weighted by atomic mass is 16.3. The molecular weight excluding hydrogens is 296 g/mol. The van der Waals surface area contributed by atoms with E-state index in [1.54, 1.807) is 0 Å². The maximum atomic E-state index is 9.32. The van der Waals surface area contributed by atoms with Crippen LogP contribution in [0.2, 0.25) is 0 Å². The highest BCUT2D eigenvalue weighted by molar-refractivity contribution is 4.88. The zero-order valence-corrected chi connectivity index (χ0v) is 16.2. The second kappa shape index (κ2) is 13.5. The van der Waals surface area contributed by atoms with Crippen molar-refractivity contribution in [3.05, 3.63) is 24.6 Å². The van der Waals surface area contributed by atoms with Gasteiger partial charge in [0.15, 0.2) is 6.17 Å². The molecule has 0 spiro atoms. The van der Waals surface area contributed by atoms with Crippen molar-refractivity contribution in [2.45, 2.75) is 90.6 Å². The standard InChI is InChI=1S/C21H41N2O/c1-3-5-6-7-8-9-10-11-12-13-14-15-16-21-22-17-18-23(21,4-2)19-20-24/h13-14,17-18,21-22,24H,3-12,15-16,19-20H2,1-2H3/q+1/b14-13+. The Bertz CT molecular complexity index is 354. The summed E-state index contributed by atoms with van der Waals surface area (Å²) in [4.78, 5) is 0. The van der Waals surface area contributed by atoms with Crippen LogP contribution in [-0.4, -0.2) is 35.5 Å². The first kappa shape index (κ1) is 21.2. The number of unbranched alkanes of at least 4 members (excludes halogenated alkanes) is 8. The van der Waals surface area contributed by atoms with Crippen LogP contribution in [-0.2, 0) is 0 Å². The Morgan fingerprint density at radius 3 is 2.29 bits per heavy atom. The number of nitrogens with one attached hydrogen (secondary N) is 1. The van der Waals surface area contributed by atoms with Gasteiger partial charge in [0.05, 0.1) is 19.4 Å². The summed E-state index contributed by atoms with van der Waals surface area (Å²) in [6.07, 6.45) is 24.1. The molecule has 2 N–H and O–H groups in total. The summed E-state index contributed by atoms with van der Waals surface area (Å²) in [6, 6.07) is 0. The predicted molar refractivity (Wildman–Crippen MR) is 104 cm³/mol. The van der Waals surface area contributed by atoms with Crippen molar-refractivity contribution in [3.63, 3.8) is 0 Å². The Morgan fingerprint density at radius 2 is 1.62 bits per heavy atom. The predicted octanol–water partition coefficient (Wildman–Crippen LogP) is 5.08. The SMILES string of the molecule is CCCCCCCCCC/C=C/CCC1NC=C[N+]1(CC)CCO. The summed E-state index contributed by atoms with van der Waals surface area (Å²) in [7, 11) is 0. The lowest BCUT2D eigenvalue weighted by atomic mass is 10.1. The highest BCUT2D eigenvalue weighted by Crippen LogP contribution is 2.21. The number of hydrogen-bond acceptors (Lipinski definition) is 2. The van der Waals surface area contributed by atoms with E-state index in [-0.39, 0.29) is 6.61 Å². The lowest BCUT2D eigenvalue weighted by Gasteiger charge is -2.36. The number of nitrogens with zero attached hydrogens (tertiary/aromatic N) is 1. The fourth-order valence-corrected chi connectivity index (χ4v) is 3.68. The molecule has 0 bridgehead atoms. The number of quaternary nitrogens is 1. The fraction of sp³-hybridized carbons (Fsp3) is 0.810. The van der Waals surface area contributed by atoms with Gasteiger partial charge in [0.2, 0.25) is 0 Å². The molecule has 140 valence electrons. The van der Waals surface area contributed by atoms with Crippen LogP contribution in [0.5, 0.6) is 0 Å². The third kappa shape index (κ3) is 7.85. The molecule has 0 fully saturated rings. The van der Waals surface area contributed by atoms with Crippen LogP contribution in [0.15, 0.2) is 24.6 Å². The van der Waals surface area contributed by atoms with E-state index < -0.39 is 0 Å². The third-order valence-corrected chi connectivity index (χ3v) is 5.38. The van der Waals surface area contributed by atoms with Crippen LogP contribution in [0.25, 0.3) is 0 Å². The van der Waals surface area contributed by atoms with Gasteiger partial charge in [-0.1, -0.05) is 64.0 Å². The largest absolute Gasteiger partial charge is 0.390 e. The quantitative estimate of drug-likeness (QED) is 0.248. The van der Waals surface area contributed by atoms with Crippen LogP contribution in [0.4, 0.5) is 0 Å². The number of hydrogen-bond donors (Lipinski definition) is 2. The Balaban J connectivity index is 2.03. The van der Waals surface area contributed by atoms with E-state index in [9.17, 15) is 5.11 Å². The molecule has 0 aromatic rings. The molecule has 1 rings (SSSR count). The molecule has 1 aliphatic rings. The smallest absolute Gasteiger partial charge is 0.166 e. The van der Waals surface area contributed by atoms with Gasteiger partial charge >= 0.3 is 0 Å². The molecule has 0 aromatic heterocycles. The first-order chi connectivity index (χ1) is 11.8. The van der Waals surface area contributed by atoms with E-state index in [0.717, 1.165) is 30.4 Å². The van der Waals surface area contributed by atoms with Gasteiger partial charge in [0.25, 0.3) is 0 Å². The van der Waals surface area contributed by atoms with Crippen LogP contribution in [0, 0.1) is 0 Å². The van der Waals surface area contributed by atoms with Gasteiger partial charge in [-0.25, -0.2) is 0 Å². The van der Waals surface area contributed by atoms with Gasteiger partial charge in [0, 0.05) is 6.42 Å². The van der Waals surface area contributed by atoms with Gasteiger partial charge in [-0.3, -0.25) is 4.48 Å². The molecule has 0 saturated carbocycles. The molecule has 1 heterocycles. The first-order valence-electron chi connectivity index (χ1n) is 10.3. The zero-order valence-electron chi connectivity index (χ0n) is 16.2. The van der Waals surface area contributed by atoms with Crippen molar-refractivity contribution >= 4 is 0 Å². The number of aliphatic hydroxyl groups is 1. The lowest BCUT2D eigenvalue weighted by molar-refractivity contribution is -0.899. The van der Waals surface area contributed by atoms with Crippen molar-refractivity contribution in [2.75, 3.05) is 19.7 Å². The number of rotatable bonds is 15. The van der Waals surface area contributed by atoms with Crippen LogP contribution < -0.4 is 5.32 Å². The highest BCUT2D eigenvalue weighted by Gasteiger charge is 2.35. The van der Waals surface area contributed by atoms with Crippen LogP contribution in [0.1, 0.15) is 84.5 Å². The molecule has 0 amide bonds. The number of aliphatic hydroxyl groups excluding tert-OH is 1. The van der Waals surface area contributed by atoms with Crippen molar-refractivity contribution in [1.82, 2.24) is 5.32 Å². The molecule has 0 aliphatic carbocycles. The average molecular weight is 338 g/mol. The summed E-state index contributed by atoms with van der Waals surface area (Å²) in [5, 5.41) is 12.8. The van der Waals surface area contributed by atoms with Gasteiger partial charge in [-0.15, -0.1) is 0 Å². The minimum absolute atomic E-state index is 0.255. The molecule has 2 unspecified atom stereocenters. The summed E-state index contributed by atoms with van der Waals surface area (Å²) >= 11 is 0. The molecule has 3 heteroatoms. The molecule has 0 radical (unpaired) electrons. The molecular formula is C21H41N2O+. The lowest BCUT2D eigenvalue weighted by Crippen LogP contribution is -2.53. The van der Waals surface area contributed by atoms with Crippen molar-refractivity contribution < 1.29 is 9.59 Å². The van der Waals surface area contributed by atoms with E-state index in [1.165, 1.54) is 57.8 Å². The second-order valence-corrected chi connectivity index (χ2v) is 7.18. The van der Waals surface area contributed by atoms with Gasteiger partial charge < -0.3 is 10.4 Å².